The lowest BCUT2D eigenvalue weighted by Gasteiger charge is -1.99. The molecule has 0 spiro atoms. The van der Waals surface area contributed by atoms with E-state index in [4.69, 9.17) is 5.21 Å². The van der Waals surface area contributed by atoms with Gasteiger partial charge in [-0.25, -0.2) is 10.5 Å². The number of anilines is 1. The van der Waals surface area contributed by atoms with Gasteiger partial charge in [-0.15, -0.1) is 0 Å². The summed E-state index contributed by atoms with van der Waals surface area (Å²) in [7, 11) is 1.84. The van der Waals surface area contributed by atoms with Crippen LogP contribution < -0.4 is 5.48 Å². The molecule has 0 aliphatic heterocycles. The molecule has 0 bridgehead atoms. The van der Waals surface area contributed by atoms with Gasteiger partial charge >= 0.3 is 0 Å². The van der Waals surface area contributed by atoms with E-state index in [1.54, 1.807) is 10.8 Å². The predicted molar refractivity (Wildman–Crippen MR) is 61.4 cm³/mol. The Labute approximate surface area is 91.3 Å². The summed E-state index contributed by atoms with van der Waals surface area (Å²) >= 11 is 0. The van der Waals surface area contributed by atoms with Crippen molar-refractivity contribution in [1.82, 2.24) is 14.5 Å². The number of rotatable bonds is 1. The van der Waals surface area contributed by atoms with Gasteiger partial charge in [-0.05, 0) is 12.1 Å². The lowest BCUT2D eigenvalue weighted by Crippen LogP contribution is -1.98. The molecule has 2 aromatic heterocycles. The molecule has 0 saturated carbocycles. The summed E-state index contributed by atoms with van der Waals surface area (Å²) in [6.07, 6.45) is 1.74. The van der Waals surface area contributed by atoms with Crippen LogP contribution in [0.2, 0.25) is 0 Å². The van der Waals surface area contributed by atoms with Gasteiger partial charge in [0.2, 0.25) is 5.95 Å². The molecule has 2 N–H and O–H groups in total. The highest BCUT2D eigenvalue weighted by molar-refractivity contribution is 6.02. The molecule has 0 fully saturated rings. The maximum Gasteiger partial charge on any atom is 0.227 e. The average molecular weight is 214 g/mol. The molecule has 16 heavy (non-hydrogen) atoms. The molecule has 0 radical (unpaired) electrons. The molecule has 0 aliphatic carbocycles. The summed E-state index contributed by atoms with van der Waals surface area (Å²) in [5, 5.41) is 9.98. The monoisotopic (exact) mass is 214 g/mol. The zero-order valence-corrected chi connectivity index (χ0v) is 8.68. The Morgan fingerprint density at radius 2 is 2.12 bits per heavy atom. The Hall–Kier alpha value is -2.14. The van der Waals surface area contributed by atoms with Crippen LogP contribution in [0.4, 0.5) is 5.95 Å². The molecular formula is C11H10N4O. The number of imidazole rings is 1. The Balaban J connectivity index is 2.51. The summed E-state index contributed by atoms with van der Waals surface area (Å²) in [5.74, 6) is 0.410. The van der Waals surface area contributed by atoms with E-state index in [0.29, 0.717) is 5.95 Å². The number of pyridine rings is 1. The SMILES string of the molecule is Cn1c(NO)nc2c3ncccc3ccc21. The van der Waals surface area contributed by atoms with E-state index < -0.39 is 0 Å². The Bertz CT molecular complexity index is 674. The number of aromatic nitrogens is 3. The maximum atomic E-state index is 8.94. The molecule has 0 aliphatic rings. The van der Waals surface area contributed by atoms with Gasteiger partial charge in [-0.1, -0.05) is 12.1 Å². The van der Waals surface area contributed by atoms with E-state index in [1.165, 1.54) is 0 Å². The highest BCUT2D eigenvalue weighted by atomic mass is 16.5. The third kappa shape index (κ3) is 1.09. The van der Waals surface area contributed by atoms with Gasteiger partial charge in [-0.2, -0.15) is 0 Å². The summed E-state index contributed by atoms with van der Waals surface area (Å²) in [4.78, 5) is 8.61. The van der Waals surface area contributed by atoms with Gasteiger partial charge in [0.1, 0.15) is 5.52 Å². The minimum absolute atomic E-state index is 0.410. The molecule has 0 unspecified atom stereocenters. The zero-order chi connectivity index (χ0) is 11.1. The fourth-order valence-corrected chi connectivity index (χ4v) is 1.89. The van der Waals surface area contributed by atoms with Crippen molar-refractivity contribution in [2.75, 3.05) is 5.48 Å². The van der Waals surface area contributed by atoms with Gasteiger partial charge in [0.15, 0.2) is 0 Å². The van der Waals surface area contributed by atoms with Gasteiger partial charge < -0.3 is 4.57 Å². The van der Waals surface area contributed by atoms with Crippen molar-refractivity contribution in [2.24, 2.45) is 7.05 Å². The summed E-state index contributed by atoms with van der Waals surface area (Å²) in [5.41, 5.74) is 4.64. The molecular weight excluding hydrogens is 204 g/mol. The molecule has 0 atom stereocenters. The topological polar surface area (TPSA) is 63.0 Å². The van der Waals surface area contributed by atoms with Crippen LogP contribution >= 0.6 is 0 Å². The highest BCUT2D eigenvalue weighted by Gasteiger charge is 2.10. The first-order valence-corrected chi connectivity index (χ1v) is 4.91. The van der Waals surface area contributed by atoms with E-state index >= 15 is 0 Å². The zero-order valence-electron chi connectivity index (χ0n) is 8.68. The number of nitrogens with zero attached hydrogens (tertiary/aromatic N) is 3. The van der Waals surface area contributed by atoms with Crippen molar-refractivity contribution in [1.29, 1.82) is 0 Å². The minimum atomic E-state index is 0.410. The van der Waals surface area contributed by atoms with Crippen molar-refractivity contribution >= 4 is 27.9 Å². The van der Waals surface area contributed by atoms with Crippen LogP contribution in [0.5, 0.6) is 0 Å². The molecule has 0 amide bonds. The molecule has 5 nitrogen and oxygen atoms in total. The fourth-order valence-electron chi connectivity index (χ4n) is 1.89. The van der Waals surface area contributed by atoms with E-state index in [1.807, 2.05) is 31.3 Å². The lowest BCUT2D eigenvalue weighted by molar-refractivity contribution is 0.380. The number of hydrogen-bond acceptors (Lipinski definition) is 4. The lowest BCUT2D eigenvalue weighted by atomic mass is 10.2. The molecule has 80 valence electrons. The number of benzene rings is 1. The second-order valence-corrected chi connectivity index (χ2v) is 3.61. The number of hydrogen-bond donors (Lipinski definition) is 2. The Morgan fingerprint density at radius 3 is 2.94 bits per heavy atom. The van der Waals surface area contributed by atoms with Crippen molar-refractivity contribution in [2.45, 2.75) is 0 Å². The summed E-state index contributed by atoms with van der Waals surface area (Å²) < 4.78 is 1.78. The number of fused-ring (bicyclic) bond motifs is 3. The predicted octanol–water partition coefficient (Wildman–Crippen LogP) is 1.92. The van der Waals surface area contributed by atoms with Crippen LogP contribution in [-0.2, 0) is 7.05 Å². The third-order valence-corrected chi connectivity index (χ3v) is 2.72. The molecule has 2 heterocycles. The Kier molecular flexibility index (Phi) is 1.81. The van der Waals surface area contributed by atoms with E-state index in [9.17, 15) is 0 Å². The number of aryl methyl sites for hydroxylation is 1. The molecule has 3 rings (SSSR count). The van der Waals surface area contributed by atoms with Crippen LogP contribution in [0.3, 0.4) is 0 Å². The van der Waals surface area contributed by atoms with Gasteiger partial charge in [0.05, 0.1) is 11.0 Å². The van der Waals surface area contributed by atoms with E-state index in [2.05, 4.69) is 15.4 Å². The first-order chi connectivity index (χ1) is 7.81. The van der Waals surface area contributed by atoms with Crippen molar-refractivity contribution in [3.63, 3.8) is 0 Å². The van der Waals surface area contributed by atoms with Crippen LogP contribution in [0.15, 0.2) is 30.5 Å². The van der Waals surface area contributed by atoms with Gasteiger partial charge in [-0.3, -0.25) is 10.2 Å². The first-order valence-electron chi connectivity index (χ1n) is 4.91. The quantitative estimate of drug-likeness (QED) is 0.607. The van der Waals surface area contributed by atoms with Crippen LogP contribution in [-0.4, -0.2) is 19.7 Å². The van der Waals surface area contributed by atoms with Crippen LogP contribution in [0.25, 0.3) is 21.9 Å². The minimum Gasteiger partial charge on any atom is -0.312 e. The largest absolute Gasteiger partial charge is 0.312 e. The highest BCUT2D eigenvalue weighted by Crippen LogP contribution is 2.24. The smallest absolute Gasteiger partial charge is 0.227 e. The maximum absolute atomic E-state index is 8.94. The second-order valence-electron chi connectivity index (χ2n) is 3.61. The average Bonchev–Trinajstić information content (AvgIpc) is 2.67. The van der Waals surface area contributed by atoms with E-state index in [0.717, 1.165) is 21.9 Å². The molecule has 5 heteroatoms. The Morgan fingerprint density at radius 1 is 1.25 bits per heavy atom. The second kappa shape index (κ2) is 3.18. The standard InChI is InChI=1S/C11H10N4O/c1-15-8-5-4-7-3-2-6-12-9(7)10(8)13-11(15)14-16/h2-6,16H,1H3,(H,13,14). The first kappa shape index (κ1) is 9.11. The fraction of sp³-hybridized carbons (Fsp3) is 0.0909. The molecule has 3 aromatic rings. The molecule has 0 saturated heterocycles. The third-order valence-electron chi connectivity index (χ3n) is 2.72. The van der Waals surface area contributed by atoms with Crippen molar-refractivity contribution in [3.05, 3.63) is 30.5 Å². The normalized spacial score (nSPS) is 11.1. The van der Waals surface area contributed by atoms with E-state index in [-0.39, 0.29) is 0 Å². The number of nitrogens with one attached hydrogen (secondary N) is 1. The van der Waals surface area contributed by atoms with Gasteiger partial charge in [0.25, 0.3) is 0 Å². The van der Waals surface area contributed by atoms with Crippen molar-refractivity contribution in [3.8, 4) is 0 Å². The van der Waals surface area contributed by atoms with Crippen LogP contribution in [0.1, 0.15) is 0 Å². The summed E-state index contributed by atoms with van der Waals surface area (Å²) in [6.45, 7) is 0. The summed E-state index contributed by atoms with van der Waals surface area (Å²) in [6, 6.07) is 7.84. The van der Waals surface area contributed by atoms with Gasteiger partial charge in [0, 0.05) is 18.6 Å². The molecule has 1 aromatic carbocycles. The van der Waals surface area contributed by atoms with Crippen LogP contribution in [0, 0.1) is 0 Å². The van der Waals surface area contributed by atoms with Crippen molar-refractivity contribution < 1.29 is 5.21 Å².